The number of likely N-dealkylation sites (N-methyl/N-ethyl adjacent to an activating group) is 2. The molecule has 3 heterocycles. The quantitative estimate of drug-likeness (QED) is 0.808. The Morgan fingerprint density at radius 2 is 2.15 bits per heavy atom. The van der Waals surface area contributed by atoms with E-state index in [0.717, 1.165) is 19.6 Å². The van der Waals surface area contributed by atoms with E-state index in [-0.39, 0.29) is 12.0 Å². The van der Waals surface area contributed by atoms with Crippen LogP contribution in [-0.2, 0) is 4.74 Å². The zero-order chi connectivity index (χ0) is 14.1. The third-order valence-corrected chi connectivity index (χ3v) is 4.24. The Hall–Kier alpha value is -1.02. The van der Waals surface area contributed by atoms with E-state index in [4.69, 9.17) is 9.26 Å². The first-order valence-corrected chi connectivity index (χ1v) is 7.13. The average Bonchev–Trinajstić information content (AvgIpc) is 2.91. The third kappa shape index (κ3) is 2.71. The van der Waals surface area contributed by atoms with Gasteiger partial charge in [-0.3, -0.25) is 4.90 Å². The molecule has 2 aliphatic rings. The summed E-state index contributed by atoms with van der Waals surface area (Å²) in [5, 5.41) is 14.1. The van der Waals surface area contributed by atoms with Crippen LogP contribution in [0.25, 0.3) is 0 Å². The lowest BCUT2D eigenvalue weighted by Crippen LogP contribution is -2.45. The molecule has 7 heteroatoms. The minimum atomic E-state index is -0.455. The van der Waals surface area contributed by atoms with Crippen LogP contribution in [0.15, 0.2) is 4.52 Å². The molecule has 1 N–H and O–H groups in total. The normalized spacial score (nSPS) is 33.5. The molecule has 3 unspecified atom stereocenters. The second-order valence-corrected chi connectivity index (χ2v) is 5.79. The fourth-order valence-electron chi connectivity index (χ4n) is 2.78. The van der Waals surface area contributed by atoms with Gasteiger partial charge in [-0.25, -0.2) is 0 Å². The fraction of sp³-hybridized carbons (Fsp3) is 0.846. The summed E-state index contributed by atoms with van der Waals surface area (Å²) in [6.07, 6.45) is 0.165. The minimum Gasteiger partial charge on any atom is -0.392 e. The summed E-state index contributed by atoms with van der Waals surface area (Å²) in [5.41, 5.74) is 0. The molecule has 3 rings (SSSR count). The van der Waals surface area contributed by atoms with Gasteiger partial charge in [-0.15, -0.1) is 0 Å². The molecule has 112 valence electrons. The topological polar surface area (TPSA) is 74.9 Å². The Balaban J connectivity index is 1.75. The summed E-state index contributed by atoms with van der Waals surface area (Å²) >= 11 is 0. The molecule has 2 aliphatic heterocycles. The monoisotopic (exact) mass is 282 g/mol. The highest BCUT2D eigenvalue weighted by Gasteiger charge is 2.33. The molecule has 20 heavy (non-hydrogen) atoms. The molecule has 0 aliphatic carbocycles. The smallest absolute Gasteiger partial charge is 0.234 e. The Morgan fingerprint density at radius 3 is 2.95 bits per heavy atom. The highest BCUT2D eigenvalue weighted by atomic mass is 16.5. The van der Waals surface area contributed by atoms with Crippen LogP contribution in [0.3, 0.4) is 0 Å². The maximum atomic E-state index is 10.0. The third-order valence-electron chi connectivity index (χ3n) is 4.24. The number of aromatic nitrogens is 2. The van der Waals surface area contributed by atoms with Gasteiger partial charge in [-0.1, -0.05) is 5.16 Å². The molecular weight excluding hydrogens is 260 g/mol. The first-order valence-electron chi connectivity index (χ1n) is 7.13. The van der Waals surface area contributed by atoms with E-state index in [2.05, 4.69) is 34.0 Å². The van der Waals surface area contributed by atoms with Crippen LogP contribution in [0.1, 0.15) is 30.1 Å². The number of hydrogen-bond donors (Lipinski definition) is 1. The number of rotatable bonds is 2. The zero-order valence-corrected chi connectivity index (χ0v) is 12.0. The van der Waals surface area contributed by atoms with Gasteiger partial charge in [0.25, 0.3) is 0 Å². The molecule has 1 aromatic heterocycles. The summed E-state index contributed by atoms with van der Waals surface area (Å²) in [4.78, 5) is 9.01. The molecule has 2 saturated heterocycles. The van der Waals surface area contributed by atoms with Gasteiger partial charge < -0.3 is 19.3 Å². The maximum Gasteiger partial charge on any atom is 0.234 e. The molecule has 0 saturated carbocycles. The van der Waals surface area contributed by atoms with Crippen LogP contribution in [0.5, 0.6) is 0 Å². The van der Waals surface area contributed by atoms with Gasteiger partial charge in [-0.2, -0.15) is 4.98 Å². The molecule has 0 spiro atoms. The molecule has 0 aromatic carbocycles. The van der Waals surface area contributed by atoms with Crippen molar-refractivity contribution >= 4 is 0 Å². The summed E-state index contributed by atoms with van der Waals surface area (Å²) in [6.45, 7) is 3.96. The molecule has 0 bridgehead atoms. The zero-order valence-electron chi connectivity index (χ0n) is 12.0. The van der Waals surface area contributed by atoms with Gasteiger partial charge in [-0.05, 0) is 20.5 Å². The lowest BCUT2D eigenvalue weighted by molar-refractivity contribution is -0.0149. The highest BCUT2D eigenvalue weighted by Crippen LogP contribution is 2.27. The van der Waals surface area contributed by atoms with E-state index < -0.39 is 6.10 Å². The van der Waals surface area contributed by atoms with E-state index in [9.17, 15) is 5.11 Å². The van der Waals surface area contributed by atoms with Crippen LogP contribution in [0, 0.1) is 0 Å². The second-order valence-electron chi connectivity index (χ2n) is 5.79. The molecule has 2 fully saturated rings. The van der Waals surface area contributed by atoms with Gasteiger partial charge in [0, 0.05) is 26.2 Å². The van der Waals surface area contributed by atoms with Crippen molar-refractivity contribution in [3.05, 3.63) is 11.7 Å². The van der Waals surface area contributed by atoms with E-state index in [0.29, 0.717) is 31.3 Å². The summed E-state index contributed by atoms with van der Waals surface area (Å²) in [7, 11) is 4.17. The summed E-state index contributed by atoms with van der Waals surface area (Å²) in [6, 6.07) is 0.146. The van der Waals surface area contributed by atoms with Crippen molar-refractivity contribution in [1.82, 2.24) is 19.9 Å². The Morgan fingerprint density at radius 1 is 1.30 bits per heavy atom. The lowest BCUT2D eigenvalue weighted by Gasteiger charge is -2.35. The van der Waals surface area contributed by atoms with E-state index >= 15 is 0 Å². The van der Waals surface area contributed by atoms with E-state index in [1.165, 1.54) is 0 Å². The first kappa shape index (κ1) is 13.9. The van der Waals surface area contributed by atoms with Crippen molar-refractivity contribution in [2.24, 2.45) is 0 Å². The van der Waals surface area contributed by atoms with Gasteiger partial charge in [0.15, 0.2) is 5.82 Å². The molecular formula is C13H22N4O3. The standard InChI is InChI=1S/C13H22N4O3/c1-16-4-5-17(2)10(7-16)12-14-13(20-15-12)9-8-19-6-3-11(9)18/h9-11,18H,3-8H2,1-2H3. The molecule has 0 amide bonds. The van der Waals surface area contributed by atoms with Crippen molar-refractivity contribution in [2.75, 3.05) is 46.9 Å². The number of aliphatic hydroxyl groups excluding tert-OH is 1. The van der Waals surface area contributed by atoms with Crippen LogP contribution in [0.2, 0.25) is 0 Å². The number of piperazine rings is 1. The predicted molar refractivity (Wildman–Crippen MR) is 71.3 cm³/mol. The molecule has 0 radical (unpaired) electrons. The Bertz CT molecular complexity index is 453. The van der Waals surface area contributed by atoms with E-state index in [1.807, 2.05) is 0 Å². The van der Waals surface area contributed by atoms with Crippen LogP contribution >= 0.6 is 0 Å². The number of ether oxygens (including phenoxy) is 1. The number of hydrogen-bond acceptors (Lipinski definition) is 7. The van der Waals surface area contributed by atoms with Gasteiger partial charge in [0.1, 0.15) is 0 Å². The summed E-state index contributed by atoms with van der Waals surface area (Å²) in [5.74, 6) is 0.997. The van der Waals surface area contributed by atoms with Crippen molar-refractivity contribution < 1.29 is 14.4 Å². The number of aliphatic hydroxyl groups is 1. The van der Waals surface area contributed by atoms with Crippen LogP contribution in [-0.4, -0.2) is 78.1 Å². The molecule has 3 atom stereocenters. The van der Waals surface area contributed by atoms with Crippen molar-refractivity contribution in [3.8, 4) is 0 Å². The first-order chi connectivity index (χ1) is 9.65. The average molecular weight is 282 g/mol. The Kier molecular flexibility index (Phi) is 4.02. The SMILES string of the molecule is CN1CCN(C)C(c2noc(C3COCCC3O)n2)C1. The van der Waals surface area contributed by atoms with Gasteiger partial charge >= 0.3 is 0 Å². The predicted octanol–water partition coefficient (Wildman–Crippen LogP) is -0.147. The lowest BCUT2D eigenvalue weighted by atomic mass is 9.99. The van der Waals surface area contributed by atoms with Gasteiger partial charge in [0.05, 0.1) is 24.7 Å². The highest BCUT2D eigenvalue weighted by molar-refractivity contribution is 5.03. The fourth-order valence-corrected chi connectivity index (χ4v) is 2.78. The second kappa shape index (κ2) is 5.77. The molecule has 1 aromatic rings. The van der Waals surface area contributed by atoms with Crippen molar-refractivity contribution in [3.63, 3.8) is 0 Å². The van der Waals surface area contributed by atoms with Crippen LogP contribution < -0.4 is 0 Å². The Labute approximate surface area is 118 Å². The largest absolute Gasteiger partial charge is 0.392 e. The number of nitrogens with zero attached hydrogens (tertiary/aromatic N) is 4. The minimum absolute atomic E-state index is 0.146. The van der Waals surface area contributed by atoms with Crippen LogP contribution in [0.4, 0.5) is 0 Å². The van der Waals surface area contributed by atoms with E-state index in [1.54, 1.807) is 0 Å². The summed E-state index contributed by atoms with van der Waals surface area (Å²) < 4.78 is 10.8. The van der Waals surface area contributed by atoms with Crippen molar-refractivity contribution in [1.29, 1.82) is 0 Å². The maximum absolute atomic E-state index is 10.0. The van der Waals surface area contributed by atoms with Gasteiger partial charge in [0.2, 0.25) is 5.89 Å². The molecule has 7 nitrogen and oxygen atoms in total. The van der Waals surface area contributed by atoms with Crippen molar-refractivity contribution in [2.45, 2.75) is 24.5 Å².